The fourth-order valence-electron chi connectivity index (χ4n) is 1.92. The van der Waals surface area contributed by atoms with E-state index in [0.717, 1.165) is 5.56 Å². The molecule has 1 fully saturated rings. The third-order valence-electron chi connectivity index (χ3n) is 3.22. The minimum Gasteiger partial charge on any atom is -0.494 e. The first-order chi connectivity index (χ1) is 9.07. The van der Waals surface area contributed by atoms with E-state index in [4.69, 9.17) is 14.6 Å². The lowest BCUT2D eigenvalue weighted by atomic mass is 9.86. The molecule has 0 spiro atoms. The molecule has 1 aliphatic heterocycles. The van der Waals surface area contributed by atoms with Gasteiger partial charge in [0.1, 0.15) is 5.41 Å². The largest absolute Gasteiger partial charge is 0.494 e. The number of methoxy groups -OCH3 is 1. The highest BCUT2D eigenvalue weighted by molar-refractivity contribution is 5.76. The van der Waals surface area contributed by atoms with E-state index in [1.807, 2.05) is 0 Å². The lowest BCUT2D eigenvalue weighted by molar-refractivity contribution is -0.178. The number of carboxylic acids is 1. The first kappa shape index (κ1) is 13.8. The van der Waals surface area contributed by atoms with E-state index < -0.39 is 17.2 Å². The average Bonchev–Trinajstić information content (AvgIpc) is 2.32. The molecular weight excluding hydrogens is 253 g/mol. The number of carboxylic acid groups (broad SMARTS) is 1. The third kappa shape index (κ3) is 2.85. The van der Waals surface area contributed by atoms with Crippen molar-refractivity contribution < 1.29 is 23.8 Å². The van der Waals surface area contributed by atoms with Crippen molar-refractivity contribution in [2.45, 2.75) is 6.54 Å². The first-order valence-corrected chi connectivity index (χ1v) is 5.92. The summed E-state index contributed by atoms with van der Waals surface area (Å²) in [7, 11) is 1.41. The summed E-state index contributed by atoms with van der Waals surface area (Å²) in [6, 6.07) is 4.65. The lowest BCUT2D eigenvalue weighted by Gasteiger charge is -2.37. The number of ether oxygens (including phenoxy) is 2. The van der Waals surface area contributed by atoms with Crippen LogP contribution in [0.3, 0.4) is 0 Å². The molecule has 1 aromatic carbocycles. The molecule has 0 aliphatic carbocycles. The Kier molecular flexibility index (Phi) is 4.01. The second-order valence-corrected chi connectivity index (χ2v) is 4.65. The highest BCUT2D eigenvalue weighted by atomic mass is 19.1. The summed E-state index contributed by atoms with van der Waals surface area (Å²) in [6.45, 7) is 1.13. The molecule has 104 valence electrons. The van der Waals surface area contributed by atoms with Crippen LogP contribution in [0.4, 0.5) is 4.39 Å². The second kappa shape index (κ2) is 5.54. The molecule has 2 rings (SSSR count). The van der Waals surface area contributed by atoms with Crippen LogP contribution in [0, 0.1) is 11.2 Å². The SMILES string of the molecule is COc1ccc(CNCC2(C(=O)O)COC2)cc1F. The van der Waals surface area contributed by atoms with Crippen LogP contribution in [0.2, 0.25) is 0 Å². The monoisotopic (exact) mass is 269 g/mol. The number of aliphatic carboxylic acids is 1. The molecule has 0 aromatic heterocycles. The van der Waals surface area contributed by atoms with Crippen molar-refractivity contribution in [3.8, 4) is 5.75 Å². The fraction of sp³-hybridized carbons (Fsp3) is 0.462. The Hall–Kier alpha value is -1.66. The van der Waals surface area contributed by atoms with E-state index in [0.29, 0.717) is 13.1 Å². The normalized spacial score (nSPS) is 16.7. The number of nitrogens with one attached hydrogen (secondary N) is 1. The zero-order chi connectivity index (χ0) is 13.9. The molecule has 0 saturated carbocycles. The van der Waals surface area contributed by atoms with E-state index >= 15 is 0 Å². The van der Waals surface area contributed by atoms with Gasteiger partial charge in [0, 0.05) is 13.1 Å². The Morgan fingerprint density at radius 1 is 1.58 bits per heavy atom. The van der Waals surface area contributed by atoms with Crippen LogP contribution in [0.1, 0.15) is 5.56 Å². The van der Waals surface area contributed by atoms with Gasteiger partial charge in [0.2, 0.25) is 0 Å². The van der Waals surface area contributed by atoms with Crippen LogP contribution in [0.5, 0.6) is 5.75 Å². The molecule has 0 bridgehead atoms. The maximum atomic E-state index is 13.5. The molecule has 0 radical (unpaired) electrons. The van der Waals surface area contributed by atoms with Crippen LogP contribution in [-0.2, 0) is 16.1 Å². The van der Waals surface area contributed by atoms with Gasteiger partial charge in [0.05, 0.1) is 20.3 Å². The lowest BCUT2D eigenvalue weighted by Crippen LogP contribution is -2.55. The Labute approximate surface area is 110 Å². The Morgan fingerprint density at radius 2 is 2.32 bits per heavy atom. The molecule has 2 N–H and O–H groups in total. The van der Waals surface area contributed by atoms with E-state index in [-0.39, 0.29) is 19.0 Å². The Bertz CT molecular complexity index is 474. The molecule has 1 heterocycles. The van der Waals surface area contributed by atoms with Crippen molar-refractivity contribution in [3.05, 3.63) is 29.6 Å². The number of hydrogen-bond acceptors (Lipinski definition) is 4. The van der Waals surface area contributed by atoms with Crippen LogP contribution < -0.4 is 10.1 Å². The Balaban J connectivity index is 1.89. The molecule has 5 nitrogen and oxygen atoms in total. The average molecular weight is 269 g/mol. The number of benzene rings is 1. The number of hydrogen-bond donors (Lipinski definition) is 2. The predicted octanol–water partition coefficient (Wildman–Crippen LogP) is 1.03. The second-order valence-electron chi connectivity index (χ2n) is 4.65. The molecule has 19 heavy (non-hydrogen) atoms. The summed E-state index contributed by atoms with van der Waals surface area (Å²) >= 11 is 0. The maximum absolute atomic E-state index is 13.5. The van der Waals surface area contributed by atoms with Crippen LogP contribution in [0.25, 0.3) is 0 Å². The van der Waals surface area contributed by atoms with Gasteiger partial charge < -0.3 is 19.9 Å². The summed E-state index contributed by atoms with van der Waals surface area (Å²) < 4.78 is 23.2. The highest BCUT2D eigenvalue weighted by Crippen LogP contribution is 2.27. The Morgan fingerprint density at radius 3 is 2.79 bits per heavy atom. The zero-order valence-electron chi connectivity index (χ0n) is 10.6. The van der Waals surface area contributed by atoms with E-state index in [2.05, 4.69) is 5.32 Å². The fourth-order valence-corrected chi connectivity index (χ4v) is 1.92. The van der Waals surface area contributed by atoms with Gasteiger partial charge in [-0.2, -0.15) is 0 Å². The number of halogens is 1. The van der Waals surface area contributed by atoms with Gasteiger partial charge in [-0.25, -0.2) is 4.39 Å². The summed E-state index contributed by atoms with van der Waals surface area (Å²) in [6.07, 6.45) is 0. The van der Waals surface area contributed by atoms with Crippen LogP contribution in [-0.4, -0.2) is 37.9 Å². The molecule has 1 saturated heterocycles. The molecule has 0 unspecified atom stereocenters. The number of rotatable bonds is 6. The third-order valence-corrected chi connectivity index (χ3v) is 3.22. The molecule has 1 aromatic rings. The molecular formula is C13H16FNO4. The summed E-state index contributed by atoms with van der Waals surface area (Å²) in [5.74, 6) is -1.10. The highest BCUT2D eigenvalue weighted by Gasteiger charge is 2.45. The smallest absolute Gasteiger partial charge is 0.315 e. The van der Waals surface area contributed by atoms with Crippen molar-refractivity contribution in [2.24, 2.45) is 5.41 Å². The minimum atomic E-state index is -0.868. The summed E-state index contributed by atoms with van der Waals surface area (Å²) in [5, 5.41) is 12.1. The summed E-state index contributed by atoms with van der Waals surface area (Å²) in [4.78, 5) is 11.1. The molecule has 0 atom stereocenters. The van der Waals surface area contributed by atoms with Crippen molar-refractivity contribution >= 4 is 5.97 Å². The van der Waals surface area contributed by atoms with Gasteiger partial charge in [-0.05, 0) is 17.7 Å². The van der Waals surface area contributed by atoms with Gasteiger partial charge in [-0.3, -0.25) is 4.79 Å². The van der Waals surface area contributed by atoms with Crippen LogP contribution >= 0.6 is 0 Å². The first-order valence-electron chi connectivity index (χ1n) is 5.92. The van der Waals surface area contributed by atoms with Gasteiger partial charge in [-0.1, -0.05) is 6.07 Å². The maximum Gasteiger partial charge on any atom is 0.315 e. The van der Waals surface area contributed by atoms with Crippen LogP contribution in [0.15, 0.2) is 18.2 Å². The van der Waals surface area contributed by atoms with E-state index in [1.165, 1.54) is 13.2 Å². The van der Waals surface area contributed by atoms with Gasteiger partial charge >= 0.3 is 5.97 Å². The quantitative estimate of drug-likeness (QED) is 0.807. The van der Waals surface area contributed by atoms with Gasteiger partial charge in [0.25, 0.3) is 0 Å². The zero-order valence-corrected chi connectivity index (χ0v) is 10.6. The van der Waals surface area contributed by atoms with Gasteiger partial charge in [-0.15, -0.1) is 0 Å². The summed E-state index contributed by atoms with van der Waals surface area (Å²) in [5.41, 5.74) is -0.107. The van der Waals surface area contributed by atoms with Crippen molar-refractivity contribution in [2.75, 3.05) is 26.9 Å². The number of carbonyl (C=O) groups is 1. The minimum absolute atomic E-state index is 0.193. The predicted molar refractivity (Wildman–Crippen MR) is 65.5 cm³/mol. The van der Waals surface area contributed by atoms with Gasteiger partial charge in [0.15, 0.2) is 11.6 Å². The molecule has 1 aliphatic rings. The van der Waals surface area contributed by atoms with Crippen molar-refractivity contribution in [1.82, 2.24) is 5.32 Å². The van der Waals surface area contributed by atoms with Crippen molar-refractivity contribution in [1.29, 1.82) is 0 Å². The molecule has 6 heteroatoms. The topological polar surface area (TPSA) is 67.8 Å². The van der Waals surface area contributed by atoms with Crippen molar-refractivity contribution in [3.63, 3.8) is 0 Å². The standard InChI is InChI=1S/C13H16FNO4/c1-18-11-3-2-9(4-10(11)14)5-15-6-13(12(16)17)7-19-8-13/h2-4,15H,5-8H2,1H3,(H,16,17). The molecule has 0 amide bonds. The van der Waals surface area contributed by atoms with E-state index in [9.17, 15) is 9.18 Å². The van der Waals surface area contributed by atoms with E-state index in [1.54, 1.807) is 12.1 Å².